The molecular weight excluding hydrogens is 276 g/mol. The van der Waals surface area contributed by atoms with Gasteiger partial charge in [0.25, 0.3) is 0 Å². The van der Waals surface area contributed by atoms with Crippen molar-refractivity contribution in [2.45, 2.75) is 13.0 Å². The van der Waals surface area contributed by atoms with Crippen LogP contribution in [0.25, 0.3) is 0 Å². The standard InChI is InChI=1S/C14H20N2O5/c1-16(8-7-12(17)18)14(19)15-9-10-5-4-6-11(20-2)13(10)21-3/h4-6H,7-9H2,1-3H3,(H,15,19)(H,17,18). The van der Waals surface area contributed by atoms with E-state index in [1.165, 1.54) is 12.0 Å². The molecule has 0 unspecified atom stereocenters. The lowest BCUT2D eigenvalue weighted by atomic mass is 10.2. The number of aliphatic carboxylic acids is 1. The Morgan fingerprint density at radius 1 is 1.29 bits per heavy atom. The van der Waals surface area contributed by atoms with Gasteiger partial charge in [0.1, 0.15) is 0 Å². The molecule has 0 aromatic heterocycles. The van der Waals surface area contributed by atoms with Gasteiger partial charge in [-0.25, -0.2) is 4.79 Å². The largest absolute Gasteiger partial charge is 0.493 e. The van der Waals surface area contributed by atoms with E-state index in [0.717, 1.165) is 5.56 Å². The first-order chi connectivity index (χ1) is 9.99. The number of carboxylic acids is 1. The number of hydrogen-bond donors (Lipinski definition) is 2. The number of hydrogen-bond acceptors (Lipinski definition) is 4. The topological polar surface area (TPSA) is 88.1 Å². The molecule has 116 valence electrons. The maximum atomic E-state index is 11.8. The van der Waals surface area contributed by atoms with Gasteiger partial charge < -0.3 is 24.8 Å². The molecular formula is C14H20N2O5. The molecule has 7 nitrogen and oxygen atoms in total. The Hall–Kier alpha value is -2.44. The van der Waals surface area contributed by atoms with Gasteiger partial charge in [-0.3, -0.25) is 4.79 Å². The van der Waals surface area contributed by atoms with Gasteiger partial charge in [-0.2, -0.15) is 0 Å². The first kappa shape index (κ1) is 16.6. The molecule has 0 aliphatic heterocycles. The van der Waals surface area contributed by atoms with Crippen LogP contribution in [0.2, 0.25) is 0 Å². The number of nitrogens with one attached hydrogen (secondary N) is 1. The van der Waals surface area contributed by atoms with E-state index in [0.29, 0.717) is 11.5 Å². The minimum Gasteiger partial charge on any atom is -0.493 e. The number of para-hydroxylation sites is 1. The van der Waals surface area contributed by atoms with E-state index in [2.05, 4.69) is 5.32 Å². The summed E-state index contributed by atoms with van der Waals surface area (Å²) < 4.78 is 10.5. The summed E-state index contributed by atoms with van der Waals surface area (Å²) in [7, 11) is 4.61. The summed E-state index contributed by atoms with van der Waals surface area (Å²) in [5, 5.41) is 11.3. The molecule has 2 N–H and O–H groups in total. The van der Waals surface area contributed by atoms with Crippen molar-refractivity contribution in [2.75, 3.05) is 27.8 Å². The van der Waals surface area contributed by atoms with Gasteiger partial charge in [-0.05, 0) is 6.07 Å². The van der Waals surface area contributed by atoms with Crippen molar-refractivity contribution in [3.05, 3.63) is 23.8 Å². The Kier molecular flexibility index (Phi) is 6.32. The number of methoxy groups -OCH3 is 2. The highest BCUT2D eigenvalue weighted by molar-refractivity contribution is 5.75. The molecule has 7 heteroatoms. The highest BCUT2D eigenvalue weighted by Crippen LogP contribution is 2.30. The molecule has 1 rings (SSSR count). The average Bonchev–Trinajstić information content (AvgIpc) is 2.49. The van der Waals surface area contributed by atoms with E-state index in [4.69, 9.17) is 14.6 Å². The lowest BCUT2D eigenvalue weighted by Gasteiger charge is -2.18. The van der Waals surface area contributed by atoms with E-state index in [1.807, 2.05) is 6.07 Å². The van der Waals surface area contributed by atoms with Crippen molar-refractivity contribution in [2.24, 2.45) is 0 Å². The summed E-state index contributed by atoms with van der Waals surface area (Å²) in [5.41, 5.74) is 0.775. The van der Waals surface area contributed by atoms with E-state index in [-0.39, 0.29) is 25.5 Å². The van der Waals surface area contributed by atoms with Crippen LogP contribution in [0.1, 0.15) is 12.0 Å². The van der Waals surface area contributed by atoms with Crippen LogP contribution < -0.4 is 14.8 Å². The second-order valence-corrected chi connectivity index (χ2v) is 4.38. The molecule has 0 aliphatic rings. The van der Waals surface area contributed by atoms with Crippen molar-refractivity contribution in [3.63, 3.8) is 0 Å². The highest BCUT2D eigenvalue weighted by Gasteiger charge is 2.13. The molecule has 0 radical (unpaired) electrons. The third-order valence-electron chi connectivity index (χ3n) is 2.92. The molecule has 0 atom stereocenters. The third kappa shape index (κ3) is 4.87. The average molecular weight is 296 g/mol. The van der Waals surface area contributed by atoms with Gasteiger partial charge in [0.05, 0.1) is 20.6 Å². The van der Waals surface area contributed by atoms with Crippen LogP contribution in [-0.2, 0) is 11.3 Å². The molecule has 2 amide bonds. The van der Waals surface area contributed by atoms with Crippen molar-refractivity contribution in [1.82, 2.24) is 10.2 Å². The quantitative estimate of drug-likeness (QED) is 0.792. The zero-order chi connectivity index (χ0) is 15.8. The van der Waals surface area contributed by atoms with E-state index in [1.54, 1.807) is 26.3 Å². The second-order valence-electron chi connectivity index (χ2n) is 4.38. The van der Waals surface area contributed by atoms with E-state index in [9.17, 15) is 9.59 Å². The molecule has 0 aliphatic carbocycles. The molecule has 21 heavy (non-hydrogen) atoms. The van der Waals surface area contributed by atoms with Crippen LogP contribution in [0, 0.1) is 0 Å². The van der Waals surface area contributed by atoms with Crippen molar-refractivity contribution >= 4 is 12.0 Å². The molecule has 1 aromatic rings. The lowest BCUT2D eigenvalue weighted by Crippen LogP contribution is -2.38. The number of benzene rings is 1. The fraction of sp³-hybridized carbons (Fsp3) is 0.429. The van der Waals surface area contributed by atoms with Crippen LogP contribution in [0.4, 0.5) is 4.79 Å². The summed E-state index contributed by atoms with van der Waals surface area (Å²) in [6.07, 6.45) is -0.0909. The number of ether oxygens (including phenoxy) is 2. The number of amides is 2. The van der Waals surface area contributed by atoms with Crippen LogP contribution >= 0.6 is 0 Å². The first-order valence-corrected chi connectivity index (χ1v) is 6.40. The SMILES string of the molecule is COc1cccc(CNC(=O)N(C)CCC(=O)O)c1OC. The van der Waals surface area contributed by atoms with Gasteiger partial charge in [-0.1, -0.05) is 12.1 Å². The highest BCUT2D eigenvalue weighted by atomic mass is 16.5. The lowest BCUT2D eigenvalue weighted by molar-refractivity contribution is -0.137. The molecule has 0 saturated carbocycles. The number of carbonyl (C=O) groups excluding carboxylic acids is 1. The minimum atomic E-state index is -0.941. The van der Waals surface area contributed by atoms with E-state index >= 15 is 0 Å². The monoisotopic (exact) mass is 296 g/mol. The summed E-state index contributed by atoms with van der Waals surface area (Å²) in [6, 6.07) is 5.04. The van der Waals surface area contributed by atoms with Crippen molar-refractivity contribution < 1.29 is 24.2 Å². The van der Waals surface area contributed by atoms with Crippen molar-refractivity contribution in [1.29, 1.82) is 0 Å². The smallest absolute Gasteiger partial charge is 0.317 e. The van der Waals surface area contributed by atoms with E-state index < -0.39 is 5.97 Å². The number of nitrogens with zero attached hydrogens (tertiary/aromatic N) is 1. The summed E-state index contributed by atoms with van der Waals surface area (Å²) in [6.45, 7) is 0.410. The number of carbonyl (C=O) groups is 2. The second kappa shape index (κ2) is 7.98. The maximum absolute atomic E-state index is 11.8. The number of urea groups is 1. The predicted molar refractivity (Wildman–Crippen MR) is 76.7 cm³/mol. The van der Waals surface area contributed by atoms with Gasteiger partial charge in [0.15, 0.2) is 11.5 Å². The molecule has 1 aromatic carbocycles. The Labute approximate surface area is 123 Å². The summed E-state index contributed by atoms with van der Waals surface area (Å²) in [5.74, 6) is 0.209. The zero-order valence-electron chi connectivity index (χ0n) is 12.4. The molecule has 0 saturated heterocycles. The fourth-order valence-corrected chi connectivity index (χ4v) is 1.76. The van der Waals surface area contributed by atoms with Crippen LogP contribution in [0.5, 0.6) is 11.5 Å². The Morgan fingerprint density at radius 2 is 2.00 bits per heavy atom. The predicted octanol–water partition coefficient (Wildman–Crippen LogP) is 1.32. The summed E-state index contributed by atoms with van der Waals surface area (Å²) in [4.78, 5) is 23.6. The molecule has 0 fully saturated rings. The zero-order valence-corrected chi connectivity index (χ0v) is 12.4. The Morgan fingerprint density at radius 3 is 2.57 bits per heavy atom. The van der Waals surface area contributed by atoms with Gasteiger partial charge in [0.2, 0.25) is 0 Å². The molecule has 0 spiro atoms. The van der Waals surface area contributed by atoms with Gasteiger partial charge in [0, 0.05) is 25.7 Å². The van der Waals surface area contributed by atoms with Gasteiger partial charge >= 0.3 is 12.0 Å². The molecule has 0 bridgehead atoms. The third-order valence-corrected chi connectivity index (χ3v) is 2.92. The Bertz CT molecular complexity index is 504. The maximum Gasteiger partial charge on any atom is 0.317 e. The fourth-order valence-electron chi connectivity index (χ4n) is 1.76. The van der Waals surface area contributed by atoms with Gasteiger partial charge in [-0.15, -0.1) is 0 Å². The van der Waals surface area contributed by atoms with Crippen molar-refractivity contribution in [3.8, 4) is 11.5 Å². The molecule has 0 heterocycles. The summed E-state index contributed by atoms with van der Waals surface area (Å²) >= 11 is 0. The number of rotatable bonds is 7. The normalized spacial score (nSPS) is 9.86. The van der Waals surface area contributed by atoms with Crippen LogP contribution in [0.3, 0.4) is 0 Å². The minimum absolute atomic E-state index is 0.0909. The number of carboxylic acid groups (broad SMARTS) is 1. The van der Waals surface area contributed by atoms with Crippen LogP contribution in [0.15, 0.2) is 18.2 Å². The van der Waals surface area contributed by atoms with Crippen LogP contribution in [-0.4, -0.2) is 49.8 Å². The first-order valence-electron chi connectivity index (χ1n) is 6.40. The Balaban J connectivity index is 2.62.